The second kappa shape index (κ2) is 5.14. The van der Waals surface area contributed by atoms with Crippen LogP contribution in [0.2, 0.25) is 0 Å². The fourth-order valence-corrected chi connectivity index (χ4v) is 1.22. The molecule has 5 heteroatoms. The lowest BCUT2D eigenvalue weighted by Crippen LogP contribution is -2.46. The number of carbonyl (C=O) groups is 1. The molecule has 1 aliphatic carbocycles. The van der Waals surface area contributed by atoms with Crippen molar-refractivity contribution in [1.82, 2.24) is 10.6 Å². The molecule has 1 saturated carbocycles. The Labute approximate surface area is 89.6 Å². The van der Waals surface area contributed by atoms with Crippen LogP contribution >= 0.6 is 12.2 Å². The number of carbonyl (C=O) groups excluding carboxylic acids is 1. The molecular formula is C9H17N3OS. The van der Waals surface area contributed by atoms with Gasteiger partial charge in [0.1, 0.15) is 0 Å². The predicted octanol–water partition coefficient (Wildman–Crippen LogP) is 0.760. The van der Waals surface area contributed by atoms with Crippen LogP contribution in [0.25, 0.3) is 0 Å². The Hall–Kier alpha value is -0.840. The van der Waals surface area contributed by atoms with Gasteiger partial charge in [-0.05, 0) is 19.3 Å². The molecule has 14 heavy (non-hydrogen) atoms. The Kier molecular flexibility index (Phi) is 4.13. The van der Waals surface area contributed by atoms with Crippen LogP contribution in [-0.2, 0) is 0 Å². The third-order valence-corrected chi connectivity index (χ3v) is 2.90. The molecule has 4 nitrogen and oxygen atoms in total. The fraction of sp³-hybridized carbons (Fsp3) is 0.778. The van der Waals surface area contributed by atoms with Gasteiger partial charge in [-0.3, -0.25) is 0 Å². The predicted molar refractivity (Wildman–Crippen MR) is 60.1 cm³/mol. The highest BCUT2D eigenvalue weighted by Crippen LogP contribution is 2.17. The molecule has 0 radical (unpaired) electrons. The van der Waals surface area contributed by atoms with Gasteiger partial charge in [0.2, 0.25) is 0 Å². The second-order valence-electron chi connectivity index (χ2n) is 3.79. The Morgan fingerprint density at radius 1 is 1.64 bits per heavy atom. The van der Waals surface area contributed by atoms with Crippen molar-refractivity contribution in [2.45, 2.75) is 32.2 Å². The van der Waals surface area contributed by atoms with E-state index < -0.39 is 0 Å². The summed E-state index contributed by atoms with van der Waals surface area (Å²) >= 11 is 4.80. The number of nitrogens with one attached hydrogen (secondary N) is 2. The molecule has 0 aromatic carbocycles. The van der Waals surface area contributed by atoms with Crippen LogP contribution in [0.4, 0.5) is 4.79 Å². The van der Waals surface area contributed by atoms with Crippen molar-refractivity contribution in [3.05, 3.63) is 0 Å². The zero-order chi connectivity index (χ0) is 10.6. The van der Waals surface area contributed by atoms with Crippen molar-refractivity contribution >= 4 is 23.2 Å². The average Bonchev–Trinajstić information content (AvgIpc) is 2.07. The number of hydrogen-bond acceptors (Lipinski definition) is 2. The lowest BCUT2D eigenvalue weighted by atomic mass is 9.93. The first kappa shape index (κ1) is 11.2. The molecule has 1 atom stereocenters. The van der Waals surface area contributed by atoms with Gasteiger partial charge in [0.05, 0.1) is 4.99 Å². The van der Waals surface area contributed by atoms with Crippen molar-refractivity contribution in [3.63, 3.8) is 0 Å². The summed E-state index contributed by atoms with van der Waals surface area (Å²) in [5.74, 6) is 0.0529. The molecule has 0 aromatic rings. The lowest BCUT2D eigenvalue weighted by molar-refractivity contribution is 0.228. The molecule has 0 aliphatic heterocycles. The Morgan fingerprint density at radius 3 is 2.71 bits per heavy atom. The summed E-state index contributed by atoms with van der Waals surface area (Å²) in [6.45, 7) is 2.40. The number of nitrogens with two attached hydrogens (primary N) is 1. The van der Waals surface area contributed by atoms with Gasteiger partial charge in [-0.2, -0.15) is 0 Å². The molecule has 2 amide bonds. The smallest absolute Gasteiger partial charge is 0.315 e. The molecule has 0 heterocycles. The van der Waals surface area contributed by atoms with Gasteiger partial charge >= 0.3 is 6.03 Å². The summed E-state index contributed by atoms with van der Waals surface area (Å²) in [6.07, 6.45) is 3.41. The molecule has 80 valence electrons. The minimum atomic E-state index is -0.113. The highest BCUT2D eigenvalue weighted by Gasteiger charge is 2.19. The summed E-state index contributed by atoms with van der Waals surface area (Å²) in [5, 5.41) is 5.62. The van der Waals surface area contributed by atoms with Crippen LogP contribution in [0, 0.1) is 5.92 Å². The first-order chi connectivity index (χ1) is 6.59. The van der Waals surface area contributed by atoms with Gasteiger partial charge < -0.3 is 16.4 Å². The molecule has 0 spiro atoms. The van der Waals surface area contributed by atoms with Gasteiger partial charge in [-0.15, -0.1) is 0 Å². The number of amides is 2. The van der Waals surface area contributed by atoms with Crippen molar-refractivity contribution in [1.29, 1.82) is 0 Å². The molecule has 1 aliphatic rings. The first-order valence-corrected chi connectivity index (χ1v) is 5.34. The van der Waals surface area contributed by atoms with Crippen LogP contribution in [0.1, 0.15) is 26.2 Å². The van der Waals surface area contributed by atoms with Crippen molar-refractivity contribution in [2.24, 2.45) is 11.7 Å². The summed E-state index contributed by atoms with van der Waals surface area (Å²) < 4.78 is 0. The largest absolute Gasteiger partial charge is 0.393 e. The molecular weight excluding hydrogens is 198 g/mol. The highest BCUT2D eigenvalue weighted by molar-refractivity contribution is 7.80. The number of rotatable bonds is 4. The molecule has 0 aromatic heterocycles. The monoisotopic (exact) mass is 215 g/mol. The summed E-state index contributed by atoms with van der Waals surface area (Å²) in [5.41, 5.74) is 5.42. The van der Waals surface area contributed by atoms with E-state index in [0.29, 0.717) is 17.6 Å². The van der Waals surface area contributed by atoms with Gasteiger partial charge in [-0.25, -0.2) is 4.79 Å². The number of thiocarbonyl (C=S) groups is 1. The molecule has 0 bridgehead atoms. The summed E-state index contributed by atoms with van der Waals surface area (Å²) in [6, 6.07) is 0.257. The lowest BCUT2D eigenvalue weighted by Gasteiger charge is -2.26. The van der Waals surface area contributed by atoms with E-state index in [2.05, 4.69) is 10.6 Å². The standard InChI is InChI=1S/C9H17N3OS/c1-6(8(10)14)5-11-9(13)12-7-3-2-4-7/h6-7H,2-5H2,1H3,(H2,10,14)(H2,11,12,13). The quantitative estimate of drug-likeness (QED) is 0.607. The minimum Gasteiger partial charge on any atom is -0.393 e. The Balaban J connectivity index is 2.10. The van der Waals surface area contributed by atoms with Crippen molar-refractivity contribution in [2.75, 3.05) is 6.54 Å². The van der Waals surface area contributed by atoms with Crippen molar-refractivity contribution in [3.8, 4) is 0 Å². The zero-order valence-corrected chi connectivity index (χ0v) is 9.19. The van der Waals surface area contributed by atoms with Gasteiger partial charge in [0.15, 0.2) is 0 Å². The van der Waals surface area contributed by atoms with Crippen LogP contribution in [0.5, 0.6) is 0 Å². The van der Waals surface area contributed by atoms with E-state index in [9.17, 15) is 4.79 Å². The van der Waals surface area contributed by atoms with E-state index in [4.69, 9.17) is 18.0 Å². The third kappa shape index (κ3) is 3.49. The third-order valence-electron chi connectivity index (χ3n) is 2.49. The maximum atomic E-state index is 11.3. The molecule has 4 N–H and O–H groups in total. The Bertz CT molecular complexity index is 228. The molecule has 1 fully saturated rings. The normalized spacial score (nSPS) is 18.1. The number of hydrogen-bond donors (Lipinski definition) is 3. The van der Waals surface area contributed by atoms with Crippen LogP contribution in [0.3, 0.4) is 0 Å². The topological polar surface area (TPSA) is 67.2 Å². The first-order valence-electron chi connectivity index (χ1n) is 4.93. The van der Waals surface area contributed by atoms with E-state index in [1.165, 1.54) is 6.42 Å². The van der Waals surface area contributed by atoms with E-state index in [-0.39, 0.29) is 11.9 Å². The van der Waals surface area contributed by atoms with Crippen molar-refractivity contribution < 1.29 is 4.79 Å². The van der Waals surface area contributed by atoms with Gasteiger partial charge in [0.25, 0.3) is 0 Å². The summed E-state index contributed by atoms with van der Waals surface area (Å²) in [7, 11) is 0. The van der Waals surface area contributed by atoms with Gasteiger partial charge in [-0.1, -0.05) is 19.1 Å². The maximum Gasteiger partial charge on any atom is 0.315 e. The van der Waals surface area contributed by atoms with E-state index in [1.807, 2.05) is 6.92 Å². The van der Waals surface area contributed by atoms with E-state index in [0.717, 1.165) is 12.8 Å². The fourth-order valence-electron chi connectivity index (χ4n) is 1.14. The highest BCUT2D eigenvalue weighted by atomic mass is 32.1. The SMILES string of the molecule is CC(CNC(=O)NC1CCC1)C(N)=S. The van der Waals surface area contributed by atoms with E-state index in [1.54, 1.807) is 0 Å². The zero-order valence-electron chi connectivity index (χ0n) is 8.38. The van der Waals surface area contributed by atoms with Gasteiger partial charge in [0, 0.05) is 18.5 Å². The van der Waals surface area contributed by atoms with E-state index >= 15 is 0 Å². The Morgan fingerprint density at radius 2 is 2.29 bits per heavy atom. The van der Waals surface area contributed by atoms with Crippen LogP contribution < -0.4 is 16.4 Å². The van der Waals surface area contributed by atoms with Crippen LogP contribution in [0.15, 0.2) is 0 Å². The second-order valence-corrected chi connectivity index (χ2v) is 4.26. The average molecular weight is 215 g/mol. The maximum absolute atomic E-state index is 11.3. The van der Waals surface area contributed by atoms with Crippen LogP contribution in [-0.4, -0.2) is 23.6 Å². The minimum absolute atomic E-state index is 0.0529. The molecule has 1 rings (SSSR count). The summed E-state index contributed by atoms with van der Waals surface area (Å²) in [4.78, 5) is 11.7. The molecule has 1 unspecified atom stereocenters. The number of urea groups is 1. The molecule has 0 saturated heterocycles.